The van der Waals surface area contributed by atoms with Crippen LogP contribution in [0.4, 0.5) is 4.39 Å². The molecule has 0 fully saturated rings. The molecule has 31 heavy (non-hydrogen) atoms. The van der Waals surface area contributed by atoms with Crippen LogP contribution in [-0.4, -0.2) is 20.3 Å². The molecule has 0 bridgehead atoms. The Balaban J connectivity index is 1.67. The zero-order valence-electron chi connectivity index (χ0n) is 19.0. The third kappa shape index (κ3) is 4.49. The van der Waals surface area contributed by atoms with Crippen molar-refractivity contribution in [3.63, 3.8) is 0 Å². The zero-order chi connectivity index (χ0) is 22.2. The minimum absolute atomic E-state index is 0.194. The molecule has 2 aromatic carbocycles. The number of allylic oxidation sites excluding steroid dienone is 1. The maximum atomic E-state index is 14.9. The van der Waals surface area contributed by atoms with Crippen molar-refractivity contribution in [3.8, 4) is 16.9 Å². The number of aryl methyl sites for hydroxylation is 1. The van der Waals surface area contributed by atoms with Gasteiger partial charge in [0.05, 0.1) is 24.8 Å². The van der Waals surface area contributed by atoms with E-state index in [2.05, 4.69) is 39.0 Å². The minimum Gasteiger partial charge on any atom is -0.497 e. The molecule has 1 aliphatic carbocycles. The molecule has 4 heteroatoms. The molecule has 0 saturated heterocycles. The van der Waals surface area contributed by atoms with Crippen LogP contribution in [0.2, 0.25) is 0 Å². The lowest BCUT2D eigenvalue weighted by Crippen LogP contribution is -2.26. The van der Waals surface area contributed by atoms with E-state index in [0.29, 0.717) is 17.9 Å². The number of hydrogen-bond acceptors (Lipinski definition) is 3. The molecule has 0 aromatic heterocycles. The zero-order valence-corrected chi connectivity index (χ0v) is 19.0. The van der Waals surface area contributed by atoms with Gasteiger partial charge in [-0.25, -0.2) is 9.38 Å². The number of halogens is 1. The summed E-state index contributed by atoms with van der Waals surface area (Å²) in [5.74, 6) is 0.411. The van der Waals surface area contributed by atoms with Gasteiger partial charge in [-0.15, -0.1) is 0 Å². The van der Waals surface area contributed by atoms with Crippen molar-refractivity contribution in [2.75, 3.05) is 20.3 Å². The maximum absolute atomic E-state index is 14.9. The van der Waals surface area contributed by atoms with E-state index in [-0.39, 0.29) is 17.2 Å². The van der Waals surface area contributed by atoms with Crippen LogP contribution in [0.5, 0.6) is 5.75 Å². The van der Waals surface area contributed by atoms with Gasteiger partial charge in [0.15, 0.2) is 0 Å². The molecule has 1 atom stereocenters. The average molecular weight is 420 g/mol. The Hall–Kier alpha value is -2.72. The van der Waals surface area contributed by atoms with Crippen molar-refractivity contribution in [2.24, 2.45) is 16.3 Å². The number of hydrogen-bond donors (Lipinski definition) is 0. The smallest absolute Gasteiger partial charge is 0.134 e. The van der Waals surface area contributed by atoms with Gasteiger partial charge in [-0.2, -0.15) is 0 Å². The highest BCUT2D eigenvalue weighted by Gasteiger charge is 2.22. The second kappa shape index (κ2) is 8.43. The molecule has 1 aliphatic heterocycles. The van der Waals surface area contributed by atoms with E-state index in [4.69, 9.17) is 14.5 Å². The van der Waals surface area contributed by atoms with E-state index in [1.807, 2.05) is 19.1 Å². The summed E-state index contributed by atoms with van der Waals surface area (Å²) in [6.07, 6.45) is 7.48. The number of methoxy groups -OCH3 is 1. The maximum Gasteiger partial charge on any atom is 0.134 e. The SMILES string of the molecule is COc1ccc(-c2c(C)ccc3c2=C2C=CC(COCCC(C)(C)C)C=C2N=3)c(F)c1. The molecule has 4 rings (SSSR count). The van der Waals surface area contributed by atoms with Crippen molar-refractivity contribution in [3.05, 3.63) is 76.2 Å². The first-order valence-corrected chi connectivity index (χ1v) is 10.8. The Bertz CT molecular complexity index is 1180. The van der Waals surface area contributed by atoms with Gasteiger partial charge in [-0.3, -0.25) is 0 Å². The first-order chi connectivity index (χ1) is 14.8. The monoisotopic (exact) mass is 419 g/mol. The molecule has 0 N–H and O–H groups in total. The van der Waals surface area contributed by atoms with Crippen LogP contribution in [0.15, 0.2) is 59.2 Å². The van der Waals surface area contributed by atoms with Crippen LogP contribution >= 0.6 is 0 Å². The summed E-state index contributed by atoms with van der Waals surface area (Å²) < 4.78 is 26.0. The molecule has 2 aromatic rings. The quantitative estimate of drug-likeness (QED) is 0.609. The summed E-state index contributed by atoms with van der Waals surface area (Å²) in [4.78, 5) is 4.85. The lowest BCUT2D eigenvalue weighted by Gasteiger charge is -2.19. The number of fused-ring (bicyclic) bond motifs is 2. The molecule has 162 valence electrons. The topological polar surface area (TPSA) is 30.8 Å². The second-order valence-electron chi connectivity index (χ2n) is 9.48. The Kier molecular flexibility index (Phi) is 5.85. The highest BCUT2D eigenvalue weighted by Crippen LogP contribution is 2.30. The van der Waals surface area contributed by atoms with E-state index in [0.717, 1.165) is 46.0 Å². The van der Waals surface area contributed by atoms with Crippen molar-refractivity contribution >= 4 is 5.57 Å². The van der Waals surface area contributed by atoms with E-state index in [1.54, 1.807) is 19.2 Å². The first kappa shape index (κ1) is 21.5. The van der Waals surface area contributed by atoms with Crippen molar-refractivity contribution in [2.45, 2.75) is 34.1 Å². The van der Waals surface area contributed by atoms with Crippen molar-refractivity contribution < 1.29 is 13.9 Å². The van der Waals surface area contributed by atoms with Crippen LogP contribution in [-0.2, 0) is 4.74 Å². The minimum atomic E-state index is -0.293. The molecule has 0 amide bonds. The predicted octanol–water partition coefficient (Wildman–Crippen LogP) is 5.12. The molecular formula is C27H30FNO2. The molecule has 0 saturated carbocycles. The summed E-state index contributed by atoms with van der Waals surface area (Å²) in [6, 6.07) is 9.05. The largest absolute Gasteiger partial charge is 0.497 e. The van der Waals surface area contributed by atoms with E-state index < -0.39 is 0 Å². The van der Waals surface area contributed by atoms with Crippen LogP contribution in [0.1, 0.15) is 32.8 Å². The summed E-state index contributed by atoms with van der Waals surface area (Å²) in [5, 5.41) is 1.88. The van der Waals surface area contributed by atoms with Crippen LogP contribution < -0.4 is 15.3 Å². The average Bonchev–Trinajstić information content (AvgIpc) is 3.09. The van der Waals surface area contributed by atoms with Crippen LogP contribution in [0.3, 0.4) is 0 Å². The Labute approximate surface area is 183 Å². The number of ether oxygens (including phenoxy) is 2. The fraction of sp³-hybridized carbons (Fsp3) is 0.370. The molecule has 0 spiro atoms. The lowest BCUT2D eigenvalue weighted by atomic mass is 9.92. The summed E-state index contributed by atoms with van der Waals surface area (Å²) in [7, 11) is 1.54. The fourth-order valence-corrected chi connectivity index (χ4v) is 4.03. The van der Waals surface area contributed by atoms with Gasteiger partial charge >= 0.3 is 0 Å². The highest BCUT2D eigenvalue weighted by molar-refractivity contribution is 5.82. The van der Waals surface area contributed by atoms with Crippen molar-refractivity contribution in [1.29, 1.82) is 0 Å². The Morgan fingerprint density at radius 3 is 2.65 bits per heavy atom. The molecular weight excluding hydrogens is 389 g/mol. The predicted molar refractivity (Wildman–Crippen MR) is 123 cm³/mol. The Morgan fingerprint density at radius 1 is 1.13 bits per heavy atom. The van der Waals surface area contributed by atoms with Crippen LogP contribution in [0, 0.1) is 24.1 Å². The van der Waals surface area contributed by atoms with Crippen molar-refractivity contribution in [1.82, 2.24) is 0 Å². The van der Waals surface area contributed by atoms with Gasteiger partial charge < -0.3 is 9.47 Å². The lowest BCUT2D eigenvalue weighted by molar-refractivity contribution is 0.0988. The molecule has 1 heterocycles. The van der Waals surface area contributed by atoms with Gasteiger partial charge in [-0.05, 0) is 54.2 Å². The number of rotatable bonds is 6. The summed E-state index contributed by atoms with van der Waals surface area (Å²) in [5.41, 5.74) is 4.75. The molecule has 3 nitrogen and oxygen atoms in total. The van der Waals surface area contributed by atoms with Gasteiger partial charge in [0, 0.05) is 34.9 Å². The van der Waals surface area contributed by atoms with Gasteiger partial charge in [0.1, 0.15) is 11.6 Å². The fourth-order valence-electron chi connectivity index (χ4n) is 4.03. The molecule has 2 aliphatic rings. The van der Waals surface area contributed by atoms with Gasteiger partial charge in [0.25, 0.3) is 0 Å². The summed E-state index contributed by atoms with van der Waals surface area (Å²) in [6.45, 7) is 10.1. The highest BCUT2D eigenvalue weighted by atomic mass is 19.1. The second-order valence-corrected chi connectivity index (χ2v) is 9.48. The van der Waals surface area contributed by atoms with Crippen LogP contribution in [0.25, 0.3) is 16.7 Å². The standard InChI is InChI=1S/C27H30FNO2/c1-17-6-11-23-26(25(17)20-10-8-19(30-5)15-22(20)28)21-9-7-18(14-24(21)29-23)16-31-13-12-27(2,3)4/h6-11,14-15,18H,12-13,16H2,1-5H3. The molecule has 1 unspecified atom stereocenters. The third-order valence-electron chi connectivity index (χ3n) is 5.81. The van der Waals surface area contributed by atoms with E-state index >= 15 is 0 Å². The van der Waals surface area contributed by atoms with E-state index in [9.17, 15) is 4.39 Å². The number of benzene rings is 2. The summed E-state index contributed by atoms with van der Waals surface area (Å²) >= 11 is 0. The molecule has 0 radical (unpaired) electrons. The normalized spacial score (nSPS) is 17.2. The number of nitrogens with zero attached hydrogens (tertiary/aromatic N) is 1. The van der Waals surface area contributed by atoms with Gasteiger partial charge in [-0.1, -0.05) is 39.0 Å². The van der Waals surface area contributed by atoms with E-state index in [1.165, 1.54) is 6.07 Å². The first-order valence-electron chi connectivity index (χ1n) is 10.8. The Morgan fingerprint density at radius 2 is 1.94 bits per heavy atom. The van der Waals surface area contributed by atoms with Gasteiger partial charge in [0.2, 0.25) is 0 Å². The third-order valence-corrected chi connectivity index (χ3v) is 5.81.